The number of aryl methyl sites for hydroxylation is 1. The molecule has 2 aliphatic rings. The number of benzene rings is 3. The predicted octanol–water partition coefficient (Wildman–Crippen LogP) is 7.44. The van der Waals surface area contributed by atoms with Crippen molar-refractivity contribution in [3.63, 3.8) is 0 Å². The SMILES string of the molecule is O=c1[nH]c(-c2ccc3c(c2)CCCC(c2ccc(Cl)cc2Cl)=C3c2ccc(OC3CCN(CCCF)C3)cc2)no1. The molecule has 1 aliphatic heterocycles. The molecule has 3 aromatic carbocycles. The van der Waals surface area contributed by atoms with Gasteiger partial charge in [-0.2, -0.15) is 0 Å². The summed E-state index contributed by atoms with van der Waals surface area (Å²) in [6.45, 7) is 2.24. The standard InChI is InChI=1S/C32H30Cl2FN3O3/c33-23-8-12-27(29(34)18-23)28-4-1-3-21-17-22(31-36-32(39)41-37-31)7-11-26(21)30(28)20-5-9-24(10-6-20)40-25-13-16-38(19-25)15-2-14-35/h5-12,17-18,25H,1-4,13-16,19H2,(H,36,37,39). The van der Waals surface area contributed by atoms with Crippen LogP contribution in [0.15, 0.2) is 70.0 Å². The zero-order valence-electron chi connectivity index (χ0n) is 22.5. The molecule has 1 fully saturated rings. The van der Waals surface area contributed by atoms with Gasteiger partial charge in [0.25, 0.3) is 0 Å². The fourth-order valence-corrected chi connectivity index (χ4v) is 6.42. The number of nitrogens with one attached hydrogen (secondary N) is 1. The molecule has 0 radical (unpaired) electrons. The first-order valence-electron chi connectivity index (χ1n) is 13.9. The molecule has 1 saturated heterocycles. The number of H-pyrrole nitrogens is 1. The second kappa shape index (κ2) is 12.2. The number of fused-ring (bicyclic) bond motifs is 1. The van der Waals surface area contributed by atoms with Crippen LogP contribution in [0.1, 0.15) is 47.9 Å². The quantitative estimate of drug-likeness (QED) is 0.230. The van der Waals surface area contributed by atoms with E-state index in [2.05, 4.69) is 39.3 Å². The van der Waals surface area contributed by atoms with Crippen molar-refractivity contribution < 1.29 is 13.7 Å². The Morgan fingerprint density at radius 1 is 1.02 bits per heavy atom. The molecule has 6 rings (SSSR count). The Labute approximate surface area is 247 Å². The third-order valence-corrected chi connectivity index (χ3v) is 8.35. The molecule has 0 spiro atoms. The Morgan fingerprint density at radius 2 is 1.83 bits per heavy atom. The van der Waals surface area contributed by atoms with Crippen molar-refractivity contribution in [2.75, 3.05) is 26.3 Å². The molecule has 4 aromatic rings. The zero-order valence-corrected chi connectivity index (χ0v) is 24.0. The highest BCUT2D eigenvalue weighted by Gasteiger charge is 2.25. The molecule has 0 saturated carbocycles. The maximum absolute atomic E-state index is 12.6. The van der Waals surface area contributed by atoms with Crippen LogP contribution in [0.4, 0.5) is 4.39 Å². The summed E-state index contributed by atoms with van der Waals surface area (Å²) in [6, 6.07) is 20.0. The number of halogens is 3. The number of allylic oxidation sites excluding steroid dienone is 1. The molecule has 2 heterocycles. The second-order valence-corrected chi connectivity index (χ2v) is 11.4. The first-order chi connectivity index (χ1) is 20.0. The molecule has 1 aromatic heterocycles. The Balaban J connectivity index is 1.37. The van der Waals surface area contributed by atoms with Crippen molar-refractivity contribution in [1.29, 1.82) is 0 Å². The molecule has 0 bridgehead atoms. The minimum absolute atomic E-state index is 0.100. The highest BCUT2D eigenvalue weighted by atomic mass is 35.5. The molecule has 6 nitrogen and oxygen atoms in total. The Bertz CT molecular complexity index is 1630. The van der Waals surface area contributed by atoms with Gasteiger partial charge in [0.15, 0.2) is 5.82 Å². The van der Waals surface area contributed by atoms with Crippen LogP contribution in [0.25, 0.3) is 22.5 Å². The van der Waals surface area contributed by atoms with Gasteiger partial charge in [-0.05, 0) is 95.8 Å². The lowest BCUT2D eigenvalue weighted by atomic mass is 9.87. The second-order valence-electron chi connectivity index (χ2n) is 10.5. The van der Waals surface area contributed by atoms with Crippen molar-refractivity contribution >= 4 is 34.3 Å². The van der Waals surface area contributed by atoms with E-state index in [-0.39, 0.29) is 12.8 Å². The summed E-state index contributed by atoms with van der Waals surface area (Å²) >= 11 is 13.0. The molecule has 1 N–H and O–H groups in total. The third-order valence-electron chi connectivity index (χ3n) is 7.80. The number of hydrogen-bond acceptors (Lipinski definition) is 5. The van der Waals surface area contributed by atoms with Gasteiger partial charge < -0.3 is 4.74 Å². The molecule has 1 atom stereocenters. The average molecular weight is 595 g/mol. The van der Waals surface area contributed by atoms with Crippen molar-refractivity contribution in [3.05, 3.63) is 104 Å². The van der Waals surface area contributed by atoms with Gasteiger partial charge in [0, 0.05) is 35.2 Å². The van der Waals surface area contributed by atoms with Gasteiger partial charge in [0.1, 0.15) is 11.9 Å². The number of rotatable bonds is 8. The highest BCUT2D eigenvalue weighted by Crippen LogP contribution is 2.43. The average Bonchev–Trinajstić information content (AvgIpc) is 3.56. The zero-order chi connectivity index (χ0) is 28.3. The molecule has 212 valence electrons. The highest BCUT2D eigenvalue weighted by molar-refractivity contribution is 6.36. The van der Waals surface area contributed by atoms with Crippen LogP contribution in [0.2, 0.25) is 10.0 Å². The Hall–Kier alpha value is -3.39. The first-order valence-corrected chi connectivity index (χ1v) is 14.7. The number of aromatic amines is 1. The lowest BCUT2D eigenvalue weighted by molar-refractivity contribution is 0.198. The van der Waals surface area contributed by atoms with E-state index in [1.165, 1.54) is 0 Å². The van der Waals surface area contributed by atoms with Crippen LogP contribution >= 0.6 is 23.2 Å². The lowest BCUT2D eigenvalue weighted by Crippen LogP contribution is -2.26. The molecule has 9 heteroatoms. The van der Waals surface area contributed by atoms with E-state index >= 15 is 0 Å². The predicted molar refractivity (Wildman–Crippen MR) is 160 cm³/mol. The van der Waals surface area contributed by atoms with Crippen LogP contribution < -0.4 is 10.5 Å². The molecule has 0 amide bonds. The summed E-state index contributed by atoms with van der Waals surface area (Å²) in [5, 5.41) is 5.08. The fourth-order valence-electron chi connectivity index (χ4n) is 5.89. The largest absolute Gasteiger partial charge is 0.489 e. The fraction of sp³-hybridized carbons (Fsp3) is 0.312. The summed E-state index contributed by atoms with van der Waals surface area (Å²) in [4.78, 5) is 16.5. The van der Waals surface area contributed by atoms with Gasteiger partial charge in [0.2, 0.25) is 0 Å². The molecular formula is C32H30Cl2FN3O3. The van der Waals surface area contributed by atoms with Crippen LogP contribution in [0.5, 0.6) is 5.75 Å². The van der Waals surface area contributed by atoms with E-state index in [9.17, 15) is 9.18 Å². The normalized spacial score (nSPS) is 17.5. The van der Waals surface area contributed by atoms with Gasteiger partial charge in [-0.15, -0.1) is 0 Å². The number of likely N-dealkylation sites (tertiary alicyclic amines) is 1. The maximum atomic E-state index is 12.6. The van der Waals surface area contributed by atoms with E-state index in [4.69, 9.17) is 32.5 Å². The van der Waals surface area contributed by atoms with Crippen molar-refractivity contribution in [2.45, 2.75) is 38.2 Å². The number of nitrogens with zero attached hydrogens (tertiary/aromatic N) is 2. The monoisotopic (exact) mass is 593 g/mol. The number of aromatic nitrogens is 2. The maximum Gasteiger partial charge on any atom is 0.439 e. The van der Waals surface area contributed by atoms with Crippen molar-refractivity contribution in [3.8, 4) is 17.1 Å². The van der Waals surface area contributed by atoms with E-state index in [1.54, 1.807) is 6.07 Å². The topological polar surface area (TPSA) is 71.4 Å². The van der Waals surface area contributed by atoms with Crippen molar-refractivity contribution in [1.82, 2.24) is 15.0 Å². The molecule has 1 aliphatic carbocycles. The molecular weight excluding hydrogens is 564 g/mol. The van der Waals surface area contributed by atoms with Gasteiger partial charge in [-0.3, -0.25) is 18.8 Å². The summed E-state index contributed by atoms with van der Waals surface area (Å²) in [7, 11) is 0. The summed E-state index contributed by atoms with van der Waals surface area (Å²) in [5.74, 6) is 0.643. The van der Waals surface area contributed by atoms with E-state index < -0.39 is 5.76 Å². The van der Waals surface area contributed by atoms with E-state index in [1.807, 2.05) is 30.3 Å². The van der Waals surface area contributed by atoms with Crippen LogP contribution in [0, 0.1) is 0 Å². The third kappa shape index (κ3) is 6.13. The van der Waals surface area contributed by atoms with Gasteiger partial charge in [0.05, 0.1) is 6.67 Å². The minimum atomic E-state index is -0.581. The van der Waals surface area contributed by atoms with E-state index in [0.717, 1.165) is 90.0 Å². The Kier molecular flexibility index (Phi) is 8.28. The van der Waals surface area contributed by atoms with Gasteiger partial charge >= 0.3 is 5.76 Å². The summed E-state index contributed by atoms with van der Waals surface area (Å²) in [5.41, 5.74) is 7.33. The van der Waals surface area contributed by atoms with Gasteiger partial charge in [-0.25, -0.2) is 4.79 Å². The van der Waals surface area contributed by atoms with Crippen LogP contribution in [-0.4, -0.2) is 47.5 Å². The number of hydrogen-bond donors (Lipinski definition) is 1. The van der Waals surface area contributed by atoms with Crippen LogP contribution in [0.3, 0.4) is 0 Å². The first kappa shape index (κ1) is 27.8. The van der Waals surface area contributed by atoms with Crippen molar-refractivity contribution in [2.24, 2.45) is 0 Å². The minimum Gasteiger partial charge on any atom is -0.489 e. The van der Waals surface area contributed by atoms with Crippen LogP contribution in [-0.2, 0) is 6.42 Å². The summed E-state index contributed by atoms with van der Waals surface area (Å²) < 4.78 is 23.6. The Morgan fingerprint density at radius 3 is 2.59 bits per heavy atom. The molecule has 1 unspecified atom stereocenters. The van der Waals surface area contributed by atoms with E-state index in [0.29, 0.717) is 22.3 Å². The number of alkyl halides is 1. The number of ether oxygens (including phenoxy) is 1. The molecule has 41 heavy (non-hydrogen) atoms. The van der Waals surface area contributed by atoms with Gasteiger partial charge in [-0.1, -0.05) is 58.7 Å². The smallest absolute Gasteiger partial charge is 0.439 e. The lowest BCUT2D eigenvalue weighted by Gasteiger charge is -2.19. The summed E-state index contributed by atoms with van der Waals surface area (Å²) in [6.07, 6.45) is 4.21.